The molecule has 4 unspecified atom stereocenters. The maximum absolute atomic E-state index is 5.60. The molecule has 1 aliphatic heterocycles. The Morgan fingerprint density at radius 1 is 1.22 bits per heavy atom. The molecule has 1 rings (SSSR count). The van der Waals surface area contributed by atoms with Crippen molar-refractivity contribution in [1.82, 2.24) is 0 Å². The van der Waals surface area contributed by atoms with E-state index in [2.05, 4.69) is 20.8 Å². The van der Waals surface area contributed by atoms with Crippen LogP contribution < -0.4 is 0 Å². The van der Waals surface area contributed by atoms with Crippen molar-refractivity contribution in [3.05, 3.63) is 0 Å². The summed E-state index contributed by atoms with van der Waals surface area (Å²) in [5, 5.41) is 0. The highest BCUT2D eigenvalue weighted by Crippen LogP contribution is 2.30. The third-order valence-electron chi connectivity index (χ3n) is 4.04. The van der Waals surface area contributed by atoms with E-state index in [1.165, 1.54) is 0 Å². The quantitative estimate of drug-likeness (QED) is 0.347. The molecule has 1 fully saturated rings. The largest absolute Gasteiger partial charge is 0.400 e. The highest BCUT2D eigenvalue weighted by Gasteiger charge is 2.29. The molecule has 0 amide bonds. The van der Waals surface area contributed by atoms with Crippen LogP contribution in [0.3, 0.4) is 0 Å². The van der Waals surface area contributed by atoms with Crippen LogP contribution in [-0.4, -0.2) is 49.4 Å². The normalized spacial score (nSPS) is 24.0. The molecule has 0 aliphatic carbocycles. The minimum Gasteiger partial charge on any atom is -0.400 e. The van der Waals surface area contributed by atoms with Gasteiger partial charge in [0.2, 0.25) is 0 Å². The fourth-order valence-corrected chi connectivity index (χ4v) is 4.13. The van der Waals surface area contributed by atoms with E-state index in [0.29, 0.717) is 23.5 Å². The van der Waals surface area contributed by atoms with Crippen molar-refractivity contribution in [3.8, 4) is 0 Å². The van der Waals surface area contributed by atoms with Gasteiger partial charge in [0.1, 0.15) is 6.10 Å². The molecule has 0 spiro atoms. The first kappa shape index (κ1) is 16.1. The average molecular weight is 276 g/mol. The lowest BCUT2D eigenvalue weighted by Crippen LogP contribution is -2.31. The fraction of sp³-hybridized carbons (Fsp3) is 1.00. The van der Waals surface area contributed by atoms with Crippen LogP contribution in [0.5, 0.6) is 0 Å². The SMILES string of the molecule is CO[SiH](OC)C(C)C(C)C(C)CCOCC1CO1. The molecule has 0 saturated carbocycles. The van der Waals surface area contributed by atoms with E-state index in [9.17, 15) is 0 Å². The third kappa shape index (κ3) is 5.36. The van der Waals surface area contributed by atoms with Crippen molar-refractivity contribution >= 4 is 9.28 Å². The van der Waals surface area contributed by atoms with E-state index in [4.69, 9.17) is 18.3 Å². The van der Waals surface area contributed by atoms with E-state index >= 15 is 0 Å². The Balaban J connectivity index is 2.18. The first-order valence-electron chi connectivity index (χ1n) is 6.85. The van der Waals surface area contributed by atoms with Gasteiger partial charge in [0.05, 0.1) is 13.2 Å². The highest BCUT2D eigenvalue weighted by molar-refractivity contribution is 6.46. The molecule has 0 aromatic rings. The predicted molar refractivity (Wildman–Crippen MR) is 74.1 cm³/mol. The zero-order valence-corrected chi connectivity index (χ0v) is 13.5. The van der Waals surface area contributed by atoms with Crippen molar-refractivity contribution in [2.75, 3.05) is 34.0 Å². The Bertz CT molecular complexity index is 219. The molecule has 1 aliphatic rings. The summed E-state index contributed by atoms with van der Waals surface area (Å²) in [6.45, 7) is 9.27. The molecule has 0 aromatic carbocycles. The van der Waals surface area contributed by atoms with Crippen LogP contribution in [0.15, 0.2) is 0 Å². The molecule has 1 saturated heterocycles. The van der Waals surface area contributed by atoms with Crippen molar-refractivity contribution in [2.24, 2.45) is 11.8 Å². The summed E-state index contributed by atoms with van der Waals surface area (Å²) in [5.74, 6) is 1.22. The van der Waals surface area contributed by atoms with Crippen LogP contribution in [0.2, 0.25) is 5.54 Å². The Kier molecular flexibility index (Phi) is 7.40. The van der Waals surface area contributed by atoms with Crippen LogP contribution in [0.1, 0.15) is 27.2 Å². The van der Waals surface area contributed by atoms with Crippen molar-refractivity contribution in [1.29, 1.82) is 0 Å². The van der Waals surface area contributed by atoms with Gasteiger partial charge >= 0.3 is 9.28 Å². The van der Waals surface area contributed by atoms with Crippen LogP contribution in [0.25, 0.3) is 0 Å². The predicted octanol–water partition coefficient (Wildman–Crippen LogP) is 1.97. The number of hydrogen-bond acceptors (Lipinski definition) is 4. The molecular weight excluding hydrogens is 248 g/mol. The van der Waals surface area contributed by atoms with Gasteiger partial charge in [-0.2, -0.15) is 0 Å². The molecule has 0 aromatic heterocycles. The van der Waals surface area contributed by atoms with Gasteiger partial charge in [-0.15, -0.1) is 0 Å². The van der Waals surface area contributed by atoms with Crippen molar-refractivity contribution in [3.63, 3.8) is 0 Å². The Labute approximate surface area is 113 Å². The Hall–Kier alpha value is 0.0569. The average Bonchev–Trinajstić information content (AvgIpc) is 3.18. The van der Waals surface area contributed by atoms with Crippen LogP contribution in [-0.2, 0) is 18.3 Å². The molecule has 5 heteroatoms. The molecule has 4 nitrogen and oxygen atoms in total. The molecule has 18 heavy (non-hydrogen) atoms. The molecular formula is C13H28O4Si. The molecule has 1 heterocycles. The Morgan fingerprint density at radius 3 is 2.33 bits per heavy atom. The number of rotatable bonds is 10. The second-order valence-corrected chi connectivity index (χ2v) is 8.09. The molecule has 108 valence electrons. The van der Waals surface area contributed by atoms with E-state index in [1.807, 2.05) is 0 Å². The zero-order valence-electron chi connectivity index (χ0n) is 12.3. The number of hydrogen-bond donors (Lipinski definition) is 0. The van der Waals surface area contributed by atoms with Crippen LogP contribution in [0.4, 0.5) is 0 Å². The van der Waals surface area contributed by atoms with E-state index < -0.39 is 9.28 Å². The lowest BCUT2D eigenvalue weighted by Gasteiger charge is -2.29. The lowest BCUT2D eigenvalue weighted by atomic mass is 9.91. The topological polar surface area (TPSA) is 40.2 Å². The summed E-state index contributed by atoms with van der Waals surface area (Å²) in [6.07, 6.45) is 1.46. The molecule has 0 N–H and O–H groups in total. The first-order valence-corrected chi connectivity index (χ1v) is 8.46. The summed E-state index contributed by atoms with van der Waals surface area (Å²) in [7, 11) is 2.01. The van der Waals surface area contributed by atoms with E-state index in [-0.39, 0.29) is 0 Å². The maximum atomic E-state index is 5.60. The highest BCUT2D eigenvalue weighted by atomic mass is 28.3. The number of ether oxygens (including phenoxy) is 2. The molecule has 0 radical (unpaired) electrons. The third-order valence-corrected chi connectivity index (χ3v) is 6.44. The van der Waals surface area contributed by atoms with Gasteiger partial charge < -0.3 is 18.3 Å². The molecule has 0 bridgehead atoms. The zero-order chi connectivity index (χ0) is 13.5. The minimum atomic E-state index is -1.51. The monoisotopic (exact) mass is 276 g/mol. The summed E-state index contributed by atoms with van der Waals surface area (Å²) in [6, 6.07) is 0. The van der Waals surface area contributed by atoms with Gasteiger partial charge in [0.15, 0.2) is 0 Å². The smallest absolute Gasteiger partial charge is 0.324 e. The summed E-state index contributed by atoms with van der Waals surface area (Å²) < 4.78 is 21.6. The van der Waals surface area contributed by atoms with Gasteiger partial charge in [-0.3, -0.25) is 0 Å². The van der Waals surface area contributed by atoms with Gasteiger partial charge in [-0.05, 0) is 23.8 Å². The van der Waals surface area contributed by atoms with Gasteiger partial charge in [0, 0.05) is 20.8 Å². The summed E-state index contributed by atoms with van der Waals surface area (Å²) in [5.41, 5.74) is 0.516. The van der Waals surface area contributed by atoms with Gasteiger partial charge in [-0.25, -0.2) is 0 Å². The first-order chi connectivity index (χ1) is 8.60. The van der Waals surface area contributed by atoms with Gasteiger partial charge in [0.25, 0.3) is 0 Å². The summed E-state index contributed by atoms with van der Waals surface area (Å²) in [4.78, 5) is 0. The van der Waals surface area contributed by atoms with Gasteiger partial charge in [-0.1, -0.05) is 20.8 Å². The van der Waals surface area contributed by atoms with Crippen molar-refractivity contribution in [2.45, 2.75) is 38.8 Å². The van der Waals surface area contributed by atoms with Crippen molar-refractivity contribution < 1.29 is 18.3 Å². The van der Waals surface area contributed by atoms with E-state index in [0.717, 1.165) is 26.2 Å². The van der Waals surface area contributed by atoms with Crippen LogP contribution in [0, 0.1) is 11.8 Å². The summed E-state index contributed by atoms with van der Waals surface area (Å²) >= 11 is 0. The molecule has 4 atom stereocenters. The fourth-order valence-electron chi connectivity index (χ4n) is 2.20. The number of epoxide rings is 1. The lowest BCUT2D eigenvalue weighted by molar-refractivity contribution is 0.0984. The maximum Gasteiger partial charge on any atom is 0.324 e. The standard InChI is InChI=1S/C13H28O4Si/c1-10(6-7-16-8-13-9-17-13)11(2)12(3)18(14-4)15-5/h10-13,18H,6-9H2,1-5H3. The Morgan fingerprint density at radius 2 is 1.83 bits per heavy atom. The second-order valence-electron chi connectivity index (χ2n) is 5.35. The van der Waals surface area contributed by atoms with Crippen LogP contribution >= 0.6 is 0 Å². The minimum absolute atomic E-state index is 0.371. The van der Waals surface area contributed by atoms with E-state index in [1.54, 1.807) is 14.2 Å². The second kappa shape index (κ2) is 8.27.